The summed E-state index contributed by atoms with van der Waals surface area (Å²) in [5.41, 5.74) is -3.41. The molecule has 0 radical (unpaired) electrons. The molecule has 0 atom stereocenters. The molecule has 0 fully saturated rings. The molecule has 1 N–H and O–H groups in total. The summed E-state index contributed by atoms with van der Waals surface area (Å²) in [7, 11) is 0. The molecule has 0 saturated heterocycles. The molecule has 106 valence electrons. The summed E-state index contributed by atoms with van der Waals surface area (Å²) >= 11 is 0. The Hall–Kier alpha value is -2.38. The van der Waals surface area contributed by atoms with Crippen LogP contribution in [0.1, 0.15) is 12.5 Å². The number of H-pyrrole nitrogens is 1. The van der Waals surface area contributed by atoms with Crippen LogP contribution in [0.2, 0.25) is 0 Å². The summed E-state index contributed by atoms with van der Waals surface area (Å²) in [5.74, 6) is -0.513. The third-order valence-electron chi connectivity index (χ3n) is 2.70. The van der Waals surface area contributed by atoms with Crippen LogP contribution in [0, 0.1) is 0 Å². The van der Waals surface area contributed by atoms with Gasteiger partial charge in [-0.3, -0.25) is 14.2 Å². The number of nitrogens with zero attached hydrogens (tertiary/aromatic N) is 1. The van der Waals surface area contributed by atoms with Crippen molar-refractivity contribution in [2.45, 2.75) is 19.6 Å². The molecule has 2 aromatic rings. The minimum Gasteiger partial charge on any atom is -0.307 e. The minimum absolute atomic E-state index is 0.213. The quantitative estimate of drug-likeness (QED) is 0.904. The monoisotopic (exact) mass is 286 g/mol. The number of fused-ring (bicyclic) bond motifs is 1. The number of hydrogen-bond acceptors (Lipinski definition) is 3. The number of rotatable bonds is 2. The number of aromatic amines is 1. The summed E-state index contributed by atoms with van der Waals surface area (Å²) in [6.07, 6.45) is -4.73. The number of ketones is 1. The first kappa shape index (κ1) is 14.0. The maximum atomic E-state index is 12.9. The standard InChI is InChI=1S/C12H9F3N2O3/c1-6(18)5-17-10(19)9-7(12(13,14)15)3-2-4-8(9)16-11(17)20/h2-4H,5H2,1H3,(H,16,20). The van der Waals surface area contributed by atoms with Crippen LogP contribution in [0.4, 0.5) is 13.2 Å². The fraction of sp³-hybridized carbons (Fsp3) is 0.250. The Morgan fingerprint density at radius 1 is 1.30 bits per heavy atom. The van der Waals surface area contributed by atoms with E-state index in [-0.39, 0.29) is 5.52 Å². The highest BCUT2D eigenvalue weighted by Crippen LogP contribution is 2.32. The predicted molar refractivity (Wildman–Crippen MR) is 64.5 cm³/mol. The molecule has 0 amide bonds. The number of benzene rings is 1. The van der Waals surface area contributed by atoms with Crippen LogP contribution < -0.4 is 11.2 Å². The molecule has 0 aliphatic heterocycles. The van der Waals surface area contributed by atoms with Crippen molar-refractivity contribution in [3.05, 3.63) is 44.6 Å². The molecule has 1 heterocycles. The lowest BCUT2D eigenvalue weighted by molar-refractivity contribution is -0.136. The zero-order chi connectivity index (χ0) is 15.1. The van der Waals surface area contributed by atoms with E-state index < -0.39 is 40.7 Å². The number of carbonyl (C=O) groups excluding carboxylic acids is 1. The van der Waals surface area contributed by atoms with Crippen molar-refractivity contribution in [3.8, 4) is 0 Å². The molecule has 0 aliphatic rings. The van der Waals surface area contributed by atoms with Gasteiger partial charge in [0.1, 0.15) is 5.78 Å². The number of Topliss-reactive ketones (excluding diaryl/α,β-unsaturated/α-hetero) is 1. The van der Waals surface area contributed by atoms with Crippen molar-refractivity contribution >= 4 is 16.7 Å². The number of halogens is 3. The van der Waals surface area contributed by atoms with Gasteiger partial charge in [0.15, 0.2) is 0 Å². The van der Waals surface area contributed by atoms with Gasteiger partial charge in [-0.25, -0.2) is 4.79 Å². The molecule has 0 spiro atoms. The molecular formula is C12H9F3N2O3. The Morgan fingerprint density at radius 3 is 2.50 bits per heavy atom. The van der Waals surface area contributed by atoms with E-state index in [1.165, 1.54) is 6.07 Å². The number of aromatic nitrogens is 2. The van der Waals surface area contributed by atoms with E-state index in [4.69, 9.17) is 0 Å². The van der Waals surface area contributed by atoms with E-state index in [1.807, 2.05) is 0 Å². The molecule has 8 heteroatoms. The Balaban J connectivity index is 2.92. The lowest BCUT2D eigenvalue weighted by Crippen LogP contribution is -2.37. The van der Waals surface area contributed by atoms with Gasteiger partial charge in [-0.15, -0.1) is 0 Å². The van der Waals surface area contributed by atoms with Crippen molar-refractivity contribution in [2.24, 2.45) is 0 Å². The predicted octanol–water partition coefficient (Wildman–Crippen LogP) is 1.30. The van der Waals surface area contributed by atoms with Crippen molar-refractivity contribution in [1.29, 1.82) is 0 Å². The highest BCUT2D eigenvalue weighted by molar-refractivity contribution is 5.82. The minimum atomic E-state index is -4.73. The number of alkyl halides is 3. The SMILES string of the molecule is CC(=O)Cn1c(=O)[nH]c2cccc(C(F)(F)F)c2c1=O. The maximum Gasteiger partial charge on any atom is 0.417 e. The summed E-state index contributed by atoms with van der Waals surface area (Å²) in [6, 6.07) is 3.04. The van der Waals surface area contributed by atoms with E-state index in [1.54, 1.807) is 0 Å². The zero-order valence-corrected chi connectivity index (χ0v) is 10.2. The Kier molecular flexibility index (Phi) is 3.24. The molecule has 0 bridgehead atoms. The van der Waals surface area contributed by atoms with E-state index in [0.717, 1.165) is 19.1 Å². The highest BCUT2D eigenvalue weighted by atomic mass is 19.4. The second-order valence-electron chi connectivity index (χ2n) is 4.25. The fourth-order valence-corrected chi connectivity index (χ4v) is 1.90. The average molecular weight is 286 g/mol. The second kappa shape index (κ2) is 4.62. The summed E-state index contributed by atoms with van der Waals surface area (Å²) in [5, 5.41) is -0.652. The van der Waals surface area contributed by atoms with Crippen LogP contribution in [-0.4, -0.2) is 15.3 Å². The molecule has 1 aromatic carbocycles. The van der Waals surface area contributed by atoms with Crippen LogP contribution in [0.3, 0.4) is 0 Å². The molecule has 0 unspecified atom stereocenters. The molecular weight excluding hydrogens is 277 g/mol. The van der Waals surface area contributed by atoms with Crippen molar-refractivity contribution in [3.63, 3.8) is 0 Å². The molecule has 20 heavy (non-hydrogen) atoms. The number of nitrogens with one attached hydrogen (secondary N) is 1. The smallest absolute Gasteiger partial charge is 0.307 e. The van der Waals surface area contributed by atoms with E-state index in [9.17, 15) is 27.6 Å². The first-order valence-electron chi connectivity index (χ1n) is 5.54. The van der Waals surface area contributed by atoms with Gasteiger partial charge < -0.3 is 4.98 Å². The Morgan fingerprint density at radius 2 is 1.95 bits per heavy atom. The van der Waals surface area contributed by atoms with Gasteiger partial charge in [0.2, 0.25) is 0 Å². The molecule has 1 aromatic heterocycles. The van der Waals surface area contributed by atoms with Crippen molar-refractivity contribution in [1.82, 2.24) is 9.55 Å². The van der Waals surface area contributed by atoms with Crippen LogP contribution in [0.5, 0.6) is 0 Å². The first-order valence-corrected chi connectivity index (χ1v) is 5.54. The first-order chi connectivity index (χ1) is 9.21. The van der Waals surface area contributed by atoms with Crippen LogP contribution in [0.15, 0.2) is 27.8 Å². The zero-order valence-electron chi connectivity index (χ0n) is 10.2. The molecule has 2 rings (SSSR count). The maximum absolute atomic E-state index is 12.9. The summed E-state index contributed by atoms with van der Waals surface area (Å²) < 4.78 is 39.1. The lowest BCUT2D eigenvalue weighted by Gasteiger charge is -2.11. The van der Waals surface area contributed by atoms with E-state index in [0.29, 0.717) is 4.57 Å². The Bertz CT molecular complexity index is 802. The van der Waals surface area contributed by atoms with Gasteiger partial charge in [-0.2, -0.15) is 13.2 Å². The summed E-state index contributed by atoms with van der Waals surface area (Å²) in [6.45, 7) is 0.558. The average Bonchev–Trinajstić information content (AvgIpc) is 2.32. The van der Waals surface area contributed by atoms with Gasteiger partial charge in [0.05, 0.1) is 23.0 Å². The van der Waals surface area contributed by atoms with Crippen LogP contribution >= 0.6 is 0 Å². The largest absolute Gasteiger partial charge is 0.417 e. The van der Waals surface area contributed by atoms with Crippen molar-refractivity contribution in [2.75, 3.05) is 0 Å². The Labute approximate surface area is 109 Å². The third kappa shape index (κ3) is 2.36. The normalized spacial score (nSPS) is 11.8. The van der Waals surface area contributed by atoms with Gasteiger partial charge in [-0.1, -0.05) is 6.07 Å². The van der Waals surface area contributed by atoms with Gasteiger partial charge >= 0.3 is 11.9 Å². The van der Waals surface area contributed by atoms with Gasteiger partial charge in [0.25, 0.3) is 5.56 Å². The van der Waals surface area contributed by atoms with Crippen LogP contribution in [-0.2, 0) is 17.5 Å². The van der Waals surface area contributed by atoms with Crippen molar-refractivity contribution < 1.29 is 18.0 Å². The topological polar surface area (TPSA) is 71.9 Å². The highest BCUT2D eigenvalue weighted by Gasteiger charge is 2.34. The van der Waals surface area contributed by atoms with Gasteiger partial charge in [0, 0.05) is 0 Å². The molecule has 0 aliphatic carbocycles. The van der Waals surface area contributed by atoms with Crippen LogP contribution in [0.25, 0.3) is 10.9 Å². The third-order valence-corrected chi connectivity index (χ3v) is 2.70. The molecule has 5 nitrogen and oxygen atoms in total. The second-order valence-corrected chi connectivity index (χ2v) is 4.25. The molecule has 0 saturated carbocycles. The number of hydrogen-bond donors (Lipinski definition) is 1. The van der Waals surface area contributed by atoms with E-state index >= 15 is 0 Å². The fourth-order valence-electron chi connectivity index (χ4n) is 1.90. The van der Waals surface area contributed by atoms with E-state index in [2.05, 4.69) is 4.98 Å². The summed E-state index contributed by atoms with van der Waals surface area (Å²) in [4.78, 5) is 36.8. The lowest BCUT2D eigenvalue weighted by atomic mass is 10.1. The van der Waals surface area contributed by atoms with Gasteiger partial charge in [-0.05, 0) is 19.1 Å². The number of carbonyl (C=O) groups is 1.